The number of pyridine rings is 1. The average molecular weight is 482 g/mol. The molecule has 1 saturated carbocycles. The number of aromatic nitrogens is 3. The van der Waals surface area contributed by atoms with E-state index in [1.54, 1.807) is 13.3 Å². The SMILES string of the molecule is COc1ncccc1Nc1cc2nc3ccccc3n(-c3cccc(Cl)c3)c-2cc1=NC1CCC1. The van der Waals surface area contributed by atoms with E-state index in [1.165, 1.54) is 6.42 Å². The van der Waals surface area contributed by atoms with E-state index in [9.17, 15) is 0 Å². The molecule has 1 N–H and O–H groups in total. The number of hydrogen-bond donors (Lipinski definition) is 1. The smallest absolute Gasteiger partial charge is 0.237 e. The van der Waals surface area contributed by atoms with Gasteiger partial charge in [-0.05, 0) is 73.9 Å². The van der Waals surface area contributed by atoms with Crippen molar-refractivity contribution in [1.29, 1.82) is 0 Å². The minimum absolute atomic E-state index is 0.330. The molecule has 35 heavy (non-hydrogen) atoms. The van der Waals surface area contributed by atoms with Gasteiger partial charge in [0.1, 0.15) is 5.69 Å². The molecule has 2 aromatic carbocycles. The van der Waals surface area contributed by atoms with Crippen LogP contribution in [0, 0.1) is 0 Å². The maximum absolute atomic E-state index is 6.39. The topological polar surface area (TPSA) is 64.3 Å². The normalized spacial score (nSPS) is 14.3. The molecule has 1 fully saturated rings. The number of fused-ring (bicyclic) bond motifs is 2. The van der Waals surface area contributed by atoms with E-state index in [1.807, 2.05) is 48.5 Å². The van der Waals surface area contributed by atoms with Crippen LogP contribution in [0.2, 0.25) is 5.02 Å². The number of anilines is 2. The molecule has 3 aromatic rings. The van der Waals surface area contributed by atoms with Gasteiger partial charge in [0.2, 0.25) is 5.88 Å². The van der Waals surface area contributed by atoms with Gasteiger partial charge in [0.05, 0.1) is 46.6 Å². The van der Waals surface area contributed by atoms with Crippen LogP contribution in [0.25, 0.3) is 28.1 Å². The zero-order valence-electron chi connectivity index (χ0n) is 19.3. The third-order valence-corrected chi connectivity index (χ3v) is 6.63. The van der Waals surface area contributed by atoms with Crippen LogP contribution in [0.15, 0.2) is 84.0 Å². The first kappa shape index (κ1) is 21.6. The monoisotopic (exact) mass is 481 g/mol. The Bertz CT molecular complexity index is 1570. The highest BCUT2D eigenvalue weighted by Crippen LogP contribution is 2.32. The lowest BCUT2D eigenvalue weighted by molar-refractivity contribution is 0.400. The second-order valence-electron chi connectivity index (χ2n) is 8.67. The summed E-state index contributed by atoms with van der Waals surface area (Å²) in [4.78, 5) is 14.4. The van der Waals surface area contributed by atoms with E-state index in [-0.39, 0.29) is 0 Å². The van der Waals surface area contributed by atoms with Gasteiger partial charge in [0, 0.05) is 16.9 Å². The van der Waals surface area contributed by atoms with Gasteiger partial charge in [-0.1, -0.05) is 29.8 Å². The van der Waals surface area contributed by atoms with E-state index < -0.39 is 0 Å². The lowest BCUT2D eigenvalue weighted by Crippen LogP contribution is -2.22. The first-order valence-electron chi connectivity index (χ1n) is 11.7. The number of para-hydroxylation sites is 2. The Hall–Kier alpha value is -3.90. The molecule has 2 aliphatic carbocycles. The summed E-state index contributed by atoms with van der Waals surface area (Å²) >= 11 is 6.39. The van der Waals surface area contributed by atoms with Crippen LogP contribution in [0.1, 0.15) is 19.3 Å². The van der Waals surface area contributed by atoms with Crippen molar-refractivity contribution in [2.24, 2.45) is 4.99 Å². The fraction of sp³-hybridized carbons (Fsp3) is 0.179. The number of halogens is 1. The molecule has 0 bridgehead atoms. The zero-order valence-corrected chi connectivity index (χ0v) is 20.0. The highest BCUT2D eigenvalue weighted by Gasteiger charge is 2.20. The minimum atomic E-state index is 0.330. The fourth-order valence-corrected chi connectivity index (χ4v) is 4.63. The van der Waals surface area contributed by atoms with Crippen molar-refractivity contribution in [2.45, 2.75) is 25.3 Å². The molecule has 1 aliphatic heterocycles. The average Bonchev–Trinajstić information content (AvgIpc) is 2.85. The number of nitrogens with zero attached hydrogens (tertiary/aromatic N) is 4. The lowest BCUT2D eigenvalue weighted by Gasteiger charge is -2.23. The number of ether oxygens (including phenoxy) is 1. The third-order valence-electron chi connectivity index (χ3n) is 6.39. The summed E-state index contributed by atoms with van der Waals surface area (Å²) in [7, 11) is 1.62. The Balaban J connectivity index is 1.64. The Morgan fingerprint density at radius 3 is 2.69 bits per heavy atom. The molecule has 0 radical (unpaired) electrons. The maximum Gasteiger partial charge on any atom is 0.237 e. The number of benzene rings is 3. The third kappa shape index (κ3) is 4.10. The summed E-state index contributed by atoms with van der Waals surface area (Å²) in [6.45, 7) is 0. The minimum Gasteiger partial charge on any atom is -0.480 e. The molecule has 0 spiro atoms. The van der Waals surface area contributed by atoms with Crippen LogP contribution >= 0.6 is 11.6 Å². The predicted molar refractivity (Wildman–Crippen MR) is 140 cm³/mol. The Morgan fingerprint density at radius 1 is 1.00 bits per heavy atom. The van der Waals surface area contributed by atoms with Crippen molar-refractivity contribution in [3.8, 4) is 23.0 Å². The highest BCUT2D eigenvalue weighted by molar-refractivity contribution is 6.30. The second-order valence-corrected chi connectivity index (χ2v) is 9.11. The zero-order chi connectivity index (χ0) is 23.8. The van der Waals surface area contributed by atoms with E-state index >= 15 is 0 Å². The van der Waals surface area contributed by atoms with Gasteiger partial charge in [-0.3, -0.25) is 4.99 Å². The van der Waals surface area contributed by atoms with Gasteiger partial charge >= 0.3 is 0 Å². The first-order chi connectivity index (χ1) is 17.2. The van der Waals surface area contributed by atoms with Gasteiger partial charge < -0.3 is 14.6 Å². The van der Waals surface area contributed by atoms with Gasteiger partial charge in [-0.2, -0.15) is 0 Å². The van der Waals surface area contributed by atoms with Gasteiger partial charge in [-0.25, -0.2) is 9.97 Å². The van der Waals surface area contributed by atoms with Crippen molar-refractivity contribution >= 4 is 34.0 Å². The maximum atomic E-state index is 6.39. The molecule has 7 heteroatoms. The molecule has 3 aliphatic rings. The summed E-state index contributed by atoms with van der Waals surface area (Å²) in [6.07, 6.45) is 5.15. The quantitative estimate of drug-likeness (QED) is 0.296. The highest BCUT2D eigenvalue weighted by atomic mass is 35.5. The van der Waals surface area contributed by atoms with Crippen molar-refractivity contribution in [2.75, 3.05) is 12.4 Å². The van der Waals surface area contributed by atoms with E-state index in [0.717, 1.165) is 57.7 Å². The van der Waals surface area contributed by atoms with Crippen molar-refractivity contribution < 1.29 is 4.74 Å². The molecule has 6 nitrogen and oxygen atoms in total. The Kier molecular flexibility index (Phi) is 5.58. The molecule has 2 heterocycles. The van der Waals surface area contributed by atoms with Crippen LogP contribution in [0.5, 0.6) is 5.88 Å². The van der Waals surface area contributed by atoms with Crippen LogP contribution in [-0.2, 0) is 0 Å². The molecule has 0 saturated heterocycles. The molecule has 0 unspecified atom stereocenters. The molecular formula is C28H24ClN5O. The number of nitrogens with one attached hydrogen (secondary N) is 1. The molecule has 174 valence electrons. The Labute approximate surface area is 208 Å². The number of rotatable bonds is 5. The summed E-state index contributed by atoms with van der Waals surface area (Å²) in [5.74, 6) is 0.530. The molecule has 0 atom stereocenters. The van der Waals surface area contributed by atoms with Crippen LogP contribution < -0.4 is 15.4 Å². The molecular weight excluding hydrogens is 458 g/mol. The Morgan fingerprint density at radius 2 is 1.89 bits per heavy atom. The van der Waals surface area contributed by atoms with Crippen LogP contribution in [0.4, 0.5) is 11.4 Å². The predicted octanol–water partition coefficient (Wildman–Crippen LogP) is 6.38. The molecule has 1 aromatic heterocycles. The van der Waals surface area contributed by atoms with E-state index in [4.69, 9.17) is 26.3 Å². The van der Waals surface area contributed by atoms with Crippen molar-refractivity contribution in [1.82, 2.24) is 14.5 Å². The number of methoxy groups -OCH3 is 1. The van der Waals surface area contributed by atoms with E-state index in [2.05, 4.69) is 39.1 Å². The largest absolute Gasteiger partial charge is 0.480 e. The van der Waals surface area contributed by atoms with Gasteiger partial charge in [0.15, 0.2) is 0 Å². The second kappa shape index (κ2) is 9.04. The van der Waals surface area contributed by atoms with Crippen molar-refractivity contribution in [3.05, 3.63) is 89.4 Å². The fourth-order valence-electron chi connectivity index (χ4n) is 4.45. The van der Waals surface area contributed by atoms with Gasteiger partial charge in [0.25, 0.3) is 0 Å². The van der Waals surface area contributed by atoms with E-state index in [0.29, 0.717) is 16.9 Å². The summed E-state index contributed by atoms with van der Waals surface area (Å²) < 4.78 is 7.67. The van der Waals surface area contributed by atoms with Crippen LogP contribution in [0.3, 0.4) is 0 Å². The summed E-state index contributed by atoms with van der Waals surface area (Å²) in [5.41, 5.74) is 6.35. The first-order valence-corrected chi connectivity index (χ1v) is 12.1. The lowest BCUT2D eigenvalue weighted by atomic mass is 9.94. The summed E-state index contributed by atoms with van der Waals surface area (Å²) in [5, 5.41) is 5.08. The molecule has 6 rings (SSSR count). The van der Waals surface area contributed by atoms with Crippen LogP contribution in [-0.4, -0.2) is 27.7 Å². The van der Waals surface area contributed by atoms with Crippen molar-refractivity contribution in [3.63, 3.8) is 0 Å². The standard InChI is InChI=1S/C28H24ClN5O/c1-35-28-22(12-6-14-30-28)33-23-16-25-27(17-24(23)31-19-8-5-9-19)34(20-10-4-7-18(29)15-20)26-13-3-2-11-21(26)32-25/h2-4,6-7,10-17,19,33H,5,8-9H2,1H3. The summed E-state index contributed by atoms with van der Waals surface area (Å²) in [6, 6.07) is 24.4. The molecule has 0 amide bonds. The number of hydrogen-bond acceptors (Lipinski definition) is 5. The van der Waals surface area contributed by atoms with Gasteiger partial charge in [-0.15, -0.1) is 0 Å².